The number of piperazine rings is 1. The summed E-state index contributed by atoms with van der Waals surface area (Å²) >= 11 is 13.8. The highest BCUT2D eigenvalue weighted by Gasteiger charge is 2.31. The van der Waals surface area contributed by atoms with Crippen LogP contribution in [0.15, 0.2) is 18.2 Å². The molecule has 0 radical (unpaired) electrons. The van der Waals surface area contributed by atoms with E-state index in [1.165, 1.54) is 0 Å². The largest absolute Gasteiger partial charge is 0.338 e. The molecule has 0 spiro atoms. The second-order valence-corrected chi connectivity index (χ2v) is 7.31. The van der Waals surface area contributed by atoms with Gasteiger partial charge in [0.05, 0.1) is 21.7 Å². The first-order valence-corrected chi connectivity index (χ1v) is 9.32. The van der Waals surface area contributed by atoms with E-state index in [1.807, 2.05) is 4.90 Å². The molecule has 2 amide bonds. The van der Waals surface area contributed by atoms with Gasteiger partial charge in [0.25, 0.3) is 5.91 Å². The number of benzene rings is 1. The summed E-state index contributed by atoms with van der Waals surface area (Å²) < 4.78 is 0. The lowest BCUT2D eigenvalue weighted by molar-refractivity contribution is -0.134. The monoisotopic (exact) mass is 373 g/mol. The number of hydrogen-bond acceptors (Lipinski definition) is 4. The summed E-state index contributed by atoms with van der Waals surface area (Å²) in [5.41, 5.74) is 0.410. The van der Waals surface area contributed by atoms with Crippen LogP contribution in [0.3, 0.4) is 0 Å². The van der Waals surface area contributed by atoms with Crippen molar-refractivity contribution in [3.8, 4) is 0 Å². The van der Waals surface area contributed by atoms with E-state index in [-0.39, 0.29) is 22.9 Å². The van der Waals surface area contributed by atoms with E-state index < -0.39 is 0 Å². The summed E-state index contributed by atoms with van der Waals surface area (Å²) in [6.07, 6.45) is 0. The first-order chi connectivity index (χ1) is 11.1. The Hall–Kier alpha value is -0.950. The lowest BCUT2D eigenvalue weighted by Gasteiger charge is -2.36. The third kappa shape index (κ3) is 3.60. The molecule has 2 saturated heterocycles. The first kappa shape index (κ1) is 16.9. The molecule has 0 bridgehead atoms. The van der Waals surface area contributed by atoms with Gasteiger partial charge in [-0.1, -0.05) is 29.3 Å². The fraction of sp³-hybridized carbons (Fsp3) is 0.467. The highest BCUT2D eigenvalue weighted by molar-refractivity contribution is 7.99. The van der Waals surface area contributed by atoms with Gasteiger partial charge in [-0.2, -0.15) is 0 Å². The third-order valence-electron chi connectivity index (χ3n) is 4.07. The average Bonchev–Trinajstić information content (AvgIpc) is 3.11. The van der Waals surface area contributed by atoms with Gasteiger partial charge in [0.2, 0.25) is 5.91 Å². The number of rotatable bonds is 2. The predicted molar refractivity (Wildman–Crippen MR) is 93.2 cm³/mol. The highest BCUT2D eigenvalue weighted by atomic mass is 35.5. The van der Waals surface area contributed by atoms with Gasteiger partial charge in [-0.15, -0.1) is 11.8 Å². The Kier molecular flexibility index (Phi) is 5.36. The molecule has 0 saturated carbocycles. The molecule has 1 unspecified atom stereocenters. The van der Waals surface area contributed by atoms with E-state index in [2.05, 4.69) is 5.32 Å². The van der Waals surface area contributed by atoms with Crippen LogP contribution in [0.25, 0.3) is 0 Å². The standard InChI is InChI=1S/C15H17Cl2N3O2S/c16-11-3-1-2-10(13(11)17)14(21)19-4-6-20(7-5-19)15(22)12-8-23-9-18-12/h1-3,12,18H,4-9H2. The van der Waals surface area contributed by atoms with Crippen LogP contribution in [0.4, 0.5) is 0 Å². The van der Waals surface area contributed by atoms with Crippen molar-refractivity contribution in [3.05, 3.63) is 33.8 Å². The molecule has 8 heteroatoms. The number of nitrogens with one attached hydrogen (secondary N) is 1. The maximum Gasteiger partial charge on any atom is 0.255 e. The van der Waals surface area contributed by atoms with Crippen LogP contribution in [0.2, 0.25) is 10.0 Å². The van der Waals surface area contributed by atoms with Crippen molar-refractivity contribution >= 4 is 46.8 Å². The van der Waals surface area contributed by atoms with Crippen LogP contribution in [0.1, 0.15) is 10.4 Å². The zero-order valence-electron chi connectivity index (χ0n) is 12.4. The second kappa shape index (κ2) is 7.30. The summed E-state index contributed by atoms with van der Waals surface area (Å²) in [6.45, 7) is 2.11. The van der Waals surface area contributed by atoms with Crippen LogP contribution in [0.5, 0.6) is 0 Å². The molecular formula is C15H17Cl2N3O2S. The molecule has 2 aliphatic heterocycles. The predicted octanol–water partition coefficient (Wildman–Crippen LogP) is 1.94. The van der Waals surface area contributed by atoms with Crippen LogP contribution < -0.4 is 5.32 Å². The Morgan fingerprint density at radius 2 is 1.83 bits per heavy atom. The van der Waals surface area contributed by atoms with Crippen molar-refractivity contribution in [3.63, 3.8) is 0 Å². The zero-order valence-corrected chi connectivity index (χ0v) is 14.8. The fourth-order valence-corrected chi connectivity index (χ4v) is 4.06. The normalized spacial score (nSPS) is 21.6. The molecule has 23 heavy (non-hydrogen) atoms. The molecule has 3 rings (SSSR count). The third-order valence-corrected chi connectivity index (χ3v) is 5.83. The Morgan fingerprint density at radius 3 is 2.48 bits per heavy atom. The van der Waals surface area contributed by atoms with Gasteiger partial charge in [-0.05, 0) is 12.1 Å². The number of nitrogens with zero attached hydrogens (tertiary/aromatic N) is 2. The topological polar surface area (TPSA) is 52.7 Å². The molecule has 5 nitrogen and oxygen atoms in total. The minimum absolute atomic E-state index is 0.0929. The van der Waals surface area contributed by atoms with Crippen molar-refractivity contribution in [2.75, 3.05) is 37.8 Å². The number of amides is 2. The van der Waals surface area contributed by atoms with Crippen molar-refractivity contribution in [1.82, 2.24) is 15.1 Å². The minimum atomic E-state index is -0.140. The molecule has 1 atom stereocenters. The van der Waals surface area contributed by atoms with E-state index in [0.29, 0.717) is 36.8 Å². The zero-order chi connectivity index (χ0) is 16.4. The van der Waals surface area contributed by atoms with Gasteiger partial charge < -0.3 is 9.80 Å². The summed E-state index contributed by atoms with van der Waals surface area (Å²) in [5.74, 6) is 1.63. The molecule has 2 heterocycles. The Morgan fingerprint density at radius 1 is 1.13 bits per heavy atom. The number of thioether (sulfide) groups is 1. The Balaban J connectivity index is 1.61. The molecule has 124 valence electrons. The summed E-state index contributed by atoms with van der Waals surface area (Å²) in [7, 11) is 0. The van der Waals surface area contributed by atoms with Gasteiger partial charge in [-0.25, -0.2) is 0 Å². The molecule has 2 aliphatic rings. The van der Waals surface area contributed by atoms with Crippen LogP contribution >= 0.6 is 35.0 Å². The number of halogens is 2. The van der Waals surface area contributed by atoms with Crippen molar-refractivity contribution in [1.29, 1.82) is 0 Å². The quantitative estimate of drug-likeness (QED) is 0.860. The number of carbonyl (C=O) groups is 2. The summed E-state index contributed by atoms with van der Waals surface area (Å²) in [6, 6.07) is 4.95. The Bertz CT molecular complexity index is 615. The summed E-state index contributed by atoms with van der Waals surface area (Å²) in [4.78, 5) is 28.5. The number of hydrogen-bond donors (Lipinski definition) is 1. The van der Waals surface area contributed by atoms with E-state index in [9.17, 15) is 9.59 Å². The van der Waals surface area contributed by atoms with Gasteiger partial charge in [-0.3, -0.25) is 14.9 Å². The second-order valence-electron chi connectivity index (χ2n) is 5.49. The van der Waals surface area contributed by atoms with E-state index in [1.54, 1.807) is 34.9 Å². The molecule has 0 aromatic heterocycles. The SMILES string of the molecule is O=C(c1cccc(Cl)c1Cl)N1CCN(C(=O)C2CSCN2)CC1. The molecule has 2 fully saturated rings. The van der Waals surface area contributed by atoms with E-state index in [4.69, 9.17) is 23.2 Å². The van der Waals surface area contributed by atoms with Crippen molar-refractivity contribution in [2.24, 2.45) is 0 Å². The van der Waals surface area contributed by atoms with Crippen LogP contribution in [0, 0.1) is 0 Å². The Labute approximate surface area is 149 Å². The van der Waals surface area contributed by atoms with Crippen LogP contribution in [-0.4, -0.2) is 65.5 Å². The molecule has 1 aromatic carbocycles. The van der Waals surface area contributed by atoms with Gasteiger partial charge in [0, 0.05) is 37.8 Å². The smallest absolute Gasteiger partial charge is 0.255 e. The van der Waals surface area contributed by atoms with E-state index in [0.717, 1.165) is 11.6 Å². The summed E-state index contributed by atoms with van der Waals surface area (Å²) in [5, 5.41) is 3.84. The van der Waals surface area contributed by atoms with Crippen LogP contribution in [-0.2, 0) is 4.79 Å². The average molecular weight is 374 g/mol. The van der Waals surface area contributed by atoms with Gasteiger partial charge in [0.1, 0.15) is 0 Å². The minimum Gasteiger partial charge on any atom is -0.338 e. The number of carbonyl (C=O) groups excluding carboxylic acids is 2. The van der Waals surface area contributed by atoms with E-state index >= 15 is 0 Å². The fourth-order valence-electron chi connectivity index (χ4n) is 2.74. The van der Waals surface area contributed by atoms with Gasteiger partial charge in [0.15, 0.2) is 0 Å². The molecule has 1 aromatic rings. The first-order valence-electron chi connectivity index (χ1n) is 7.41. The maximum absolute atomic E-state index is 12.6. The van der Waals surface area contributed by atoms with Gasteiger partial charge >= 0.3 is 0 Å². The van der Waals surface area contributed by atoms with Crippen molar-refractivity contribution in [2.45, 2.75) is 6.04 Å². The molecule has 0 aliphatic carbocycles. The molecular weight excluding hydrogens is 357 g/mol. The maximum atomic E-state index is 12.6. The molecule has 1 N–H and O–H groups in total. The lowest BCUT2D eigenvalue weighted by atomic mass is 10.1. The lowest BCUT2D eigenvalue weighted by Crippen LogP contribution is -2.54. The highest BCUT2D eigenvalue weighted by Crippen LogP contribution is 2.27. The van der Waals surface area contributed by atoms with Crippen molar-refractivity contribution < 1.29 is 9.59 Å².